The molecule has 3 fully saturated rings. The molecule has 0 spiro atoms. The molecule has 9 nitrogen and oxygen atoms in total. The number of morpholine rings is 1. The van der Waals surface area contributed by atoms with Gasteiger partial charge in [0.15, 0.2) is 5.82 Å². The number of halogens is 1. The van der Waals surface area contributed by atoms with Crippen LogP contribution in [0, 0.1) is 11.3 Å². The number of piperidine rings is 1. The summed E-state index contributed by atoms with van der Waals surface area (Å²) in [4.78, 5) is 26.9. The molecule has 3 aliphatic rings. The number of nitrogens with zero attached hydrogens (tertiary/aromatic N) is 6. The van der Waals surface area contributed by atoms with Crippen molar-refractivity contribution in [1.82, 2.24) is 25.2 Å². The number of likely N-dealkylation sites (tertiary alicyclic amines) is 1. The van der Waals surface area contributed by atoms with Crippen molar-refractivity contribution >= 4 is 27.7 Å². The Morgan fingerprint density at radius 1 is 1.08 bits per heavy atom. The molecule has 0 radical (unpaired) electrons. The van der Waals surface area contributed by atoms with Gasteiger partial charge in [0, 0.05) is 37.4 Å². The molecule has 0 atom stereocenters. The average Bonchev–Trinajstić information content (AvgIpc) is 2.98. The van der Waals surface area contributed by atoms with Crippen molar-refractivity contribution in [2.24, 2.45) is 0 Å². The Bertz CT molecular complexity index is 1120. The van der Waals surface area contributed by atoms with Crippen molar-refractivity contribution in [2.45, 2.75) is 63.6 Å². The van der Waals surface area contributed by atoms with Crippen molar-refractivity contribution in [2.75, 3.05) is 44.4 Å². The summed E-state index contributed by atoms with van der Waals surface area (Å²) < 4.78 is 6.15. The second-order valence-electron chi connectivity index (χ2n) is 10.4. The first-order valence-corrected chi connectivity index (χ1v) is 14.6. The largest absolute Gasteiger partial charge is 0.379 e. The maximum absolute atomic E-state index is 13.3. The third-order valence-corrected chi connectivity index (χ3v) is 8.52. The van der Waals surface area contributed by atoms with Gasteiger partial charge in [0.1, 0.15) is 6.07 Å². The van der Waals surface area contributed by atoms with E-state index < -0.39 is 0 Å². The molecule has 1 amide bonds. The lowest BCUT2D eigenvalue weighted by atomic mass is 9.95. The van der Waals surface area contributed by atoms with Crippen LogP contribution < -0.4 is 10.4 Å². The molecule has 1 saturated carbocycles. The first kappa shape index (κ1) is 27.0. The number of hydrogen-bond acceptors (Lipinski definition) is 8. The highest BCUT2D eigenvalue weighted by molar-refractivity contribution is 9.10. The zero-order chi connectivity index (χ0) is 26.3. The van der Waals surface area contributed by atoms with Gasteiger partial charge < -0.3 is 4.74 Å². The molecule has 1 N–H and O–H groups in total. The minimum Gasteiger partial charge on any atom is -0.379 e. The van der Waals surface area contributed by atoms with E-state index in [1.165, 1.54) is 24.8 Å². The van der Waals surface area contributed by atoms with Crippen LogP contribution in [0.15, 0.2) is 34.9 Å². The van der Waals surface area contributed by atoms with Gasteiger partial charge in [0.2, 0.25) is 5.82 Å². The lowest BCUT2D eigenvalue weighted by Gasteiger charge is -2.40. The van der Waals surface area contributed by atoms with Crippen molar-refractivity contribution in [3.8, 4) is 6.07 Å². The Balaban J connectivity index is 1.20. The van der Waals surface area contributed by atoms with Crippen LogP contribution in [0.5, 0.6) is 0 Å². The number of rotatable bonds is 7. The highest BCUT2D eigenvalue weighted by Crippen LogP contribution is 2.30. The van der Waals surface area contributed by atoms with E-state index in [1.807, 2.05) is 23.2 Å². The Labute approximate surface area is 233 Å². The van der Waals surface area contributed by atoms with Crippen molar-refractivity contribution in [3.63, 3.8) is 0 Å². The Morgan fingerprint density at radius 2 is 1.79 bits per heavy atom. The molecule has 3 heterocycles. The van der Waals surface area contributed by atoms with E-state index in [-0.39, 0.29) is 17.8 Å². The minimum absolute atomic E-state index is 0.0802. The first-order chi connectivity index (χ1) is 18.6. The van der Waals surface area contributed by atoms with Gasteiger partial charge in [-0.1, -0.05) is 31.4 Å². The highest BCUT2D eigenvalue weighted by Gasteiger charge is 2.28. The van der Waals surface area contributed by atoms with Crippen molar-refractivity contribution in [3.05, 3.63) is 51.9 Å². The lowest BCUT2D eigenvalue weighted by Crippen LogP contribution is -2.50. The van der Waals surface area contributed by atoms with Gasteiger partial charge in [-0.25, -0.2) is 4.98 Å². The topological polar surface area (TPSA) is 97.6 Å². The molecule has 38 heavy (non-hydrogen) atoms. The van der Waals surface area contributed by atoms with Gasteiger partial charge in [0.05, 0.1) is 23.7 Å². The minimum atomic E-state index is -0.183. The van der Waals surface area contributed by atoms with Crippen molar-refractivity contribution in [1.29, 1.82) is 5.26 Å². The number of aromatic nitrogens is 2. The normalized spacial score (nSPS) is 20.1. The predicted octanol–water partition coefficient (Wildman–Crippen LogP) is 3.89. The van der Waals surface area contributed by atoms with Crippen molar-refractivity contribution < 1.29 is 9.53 Å². The SMILES string of the molecule is N#Cc1ncc(Br)c(N(NC(=O)c2ccc(CN3CCC(N4CCOCC4)CC3)cc2)C2CCCCC2)n1. The fourth-order valence-electron chi connectivity index (χ4n) is 5.82. The summed E-state index contributed by atoms with van der Waals surface area (Å²) in [6, 6.07) is 10.7. The molecule has 2 aromatic rings. The molecular formula is C28H36BrN7O2. The summed E-state index contributed by atoms with van der Waals surface area (Å²) in [6.45, 7) is 6.92. The summed E-state index contributed by atoms with van der Waals surface area (Å²) in [5, 5.41) is 11.1. The Hall–Kier alpha value is -2.58. The molecule has 2 saturated heterocycles. The summed E-state index contributed by atoms with van der Waals surface area (Å²) in [5.41, 5.74) is 4.91. The maximum atomic E-state index is 13.3. The molecule has 1 aromatic carbocycles. The van der Waals surface area contributed by atoms with E-state index in [0.717, 1.165) is 71.6 Å². The number of benzene rings is 1. The molecule has 0 bridgehead atoms. The maximum Gasteiger partial charge on any atom is 0.269 e. The average molecular weight is 583 g/mol. The number of hydrogen-bond donors (Lipinski definition) is 1. The fraction of sp³-hybridized carbons (Fsp3) is 0.571. The van der Waals surface area contributed by atoms with Gasteiger partial charge in [-0.15, -0.1) is 0 Å². The number of amides is 1. The van der Waals surface area contributed by atoms with E-state index in [0.29, 0.717) is 21.9 Å². The fourth-order valence-corrected chi connectivity index (χ4v) is 6.20. The zero-order valence-corrected chi connectivity index (χ0v) is 23.4. The number of nitrogens with one attached hydrogen (secondary N) is 1. The van der Waals surface area contributed by atoms with Crippen LogP contribution in [0.3, 0.4) is 0 Å². The predicted molar refractivity (Wildman–Crippen MR) is 148 cm³/mol. The zero-order valence-electron chi connectivity index (χ0n) is 21.8. The standard InChI is InChI=1S/C28H36BrN7O2/c29-25-19-31-26(18-30)32-27(25)36(24-4-2-1-3-5-24)33-28(37)22-8-6-21(7-9-22)20-34-12-10-23(11-13-34)35-14-16-38-17-15-35/h6-9,19,23-24H,1-5,10-17,20H2,(H,33,37). The Morgan fingerprint density at radius 3 is 2.47 bits per heavy atom. The third-order valence-electron chi connectivity index (χ3n) is 7.96. The second kappa shape index (κ2) is 13.0. The molecule has 1 aromatic heterocycles. The molecule has 2 aliphatic heterocycles. The highest BCUT2D eigenvalue weighted by atomic mass is 79.9. The summed E-state index contributed by atoms with van der Waals surface area (Å²) in [6.07, 6.45) is 9.28. The van der Waals surface area contributed by atoms with E-state index in [2.05, 4.69) is 53.3 Å². The van der Waals surface area contributed by atoms with Crippen LogP contribution in [0.4, 0.5) is 5.82 Å². The van der Waals surface area contributed by atoms with Crippen LogP contribution in [0.2, 0.25) is 0 Å². The molecule has 10 heteroatoms. The molecule has 202 valence electrons. The van der Waals surface area contributed by atoms with Gasteiger partial charge in [-0.05, 0) is 72.4 Å². The van der Waals surface area contributed by atoms with Crippen LogP contribution in [0.1, 0.15) is 66.7 Å². The quantitative estimate of drug-likeness (QED) is 0.492. The summed E-state index contributed by atoms with van der Waals surface area (Å²) in [7, 11) is 0. The van der Waals surface area contributed by atoms with Crippen LogP contribution in [-0.4, -0.2) is 77.2 Å². The number of carbonyl (C=O) groups excluding carboxylic acids is 1. The van der Waals surface area contributed by atoms with E-state index in [4.69, 9.17) is 4.74 Å². The van der Waals surface area contributed by atoms with Crippen LogP contribution >= 0.6 is 15.9 Å². The number of nitriles is 1. The Kier molecular flexibility index (Phi) is 9.22. The van der Waals surface area contributed by atoms with E-state index >= 15 is 0 Å². The molecule has 5 rings (SSSR count). The van der Waals surface area contributed by atoms with E-state index in [1.54, 1.807) is 6.20 Å². The molecular weight excluding hydrogens is 546 g/mol. The molecule has 1 aliphatic carbocycles. The third kappa shape index (κ3) is 6.70. The van der Waals surface area contributed by atoms with Gasteiger partial charge in [-0.3, -0.25) is 25.0 Å². The van der Waals surface area contributed by atoms with Gasteiger partial charge in [-0.2, -0.15) is 10.2 Å². The van der Waals surface area contributed by atoms with Gasteiger partial charge >= 0.3 is 0 Å². The number of carbonyl (C=O) groups is 1. The van der Waals surface area contributed by atoms with E-state index in [9.17, 15) is 10.1 Å². The summed E-state index contributed by atoms with van der Waals surface area (Å²) >= 11 is 3.52. The van der Waals surface area contributed by atoms with Crippen LogP contribution in [0.25, 0.3) is 0 Å². The second-order valence-corrected chi connectivity index (χ2v) is 11.3. The summed E-state index contributed by atoms with van der Waals surface area (Å²) in [5.74, 6) is 0.419. The lowest BCUT2D eigenvalue weighted by molar-refractivity contribution is 0.000231. The number of ether oxygens (including phenoxy) is 1. The monoisotopic (exact) mass is 581 g/mol. The van der Waals surface area contributed by atoms with Crippen LogP contribution in [-0.2, 0) is 11.3 Å². The number of anilines is 1. The molecule has 0 unspecified atom stereocenters. The smallest absolute Gasteiger partial charge is 0.269 e. The van der Waals surface area contributed by atoms with Gasteiger partial charge in [0.25, 0.3) is 5.91 Å². The first-order valence-electron chi connectivity index (χ1n) is 13.8. The number of hydrazine groups is 1.